The maximum Gasteiger partial charge on any atom is 0.0672 e. The van der Waals surface area contributed by atoms with Gasteiger partial charge in [-0.2, -0.15) is 5.26 Å². The minimum atomic E-state index is 0.240. The van der Waals surface area contributed by atoms with Crippen molar-refractivity contribution < 1.29 is 0 Å². The maximum absolute atomic E-state index is 9.57. The molecule has 3 heteroatoms. The van der Waals surface area contributed by atoms with Gasteiger partial charge in [-0.05, 0) is 44.6 Å². The normalized spacial score (nSPS) is 36.4. The van der Waals surface area contributed by atoms with E-state index in [1.807, 2.05) is 0 Å². The van der Waals surface area contributed by atoms with Gasteiger partial charge in [0.05, 0.1) is 12.0 Å². The summed E-state index contributed by atoms with van der Waals surface area (Å²) in [6.07, 6.45) is 4.78. The highest BCUT2D eigenvalue weighted by molar-refractivity contribution is 5.01. The number of nitriles is 1. The van der Waals surface area contributed by atoms with E-state index in [4.69, 9.17) is 0 Å². The van der Waals surface area contributed by atoms with Crippen molar-refractivity contribution in [3.05, 3.63) is 0 Å². The Kier molecular flexibility index (Phi) is 5.33. The number of likely N-dealkylation sites (N-methyl/N-ethyl adjacent to an activating group) is 1. The zero-order valence-corrected chi connectivity index (χ0v) is 14.6. The molecular formula is C18H33N3. The van der Waals surface area contributed by atoms with Crippen molar-refractivity contribution >= 4 is 0 Å². The Balaban J connectivity index is 2.09. The summed E-state index contributed by atoms with van der Waals surface area (Å²) in [5.74, 6) is 1.01. The molecule has 1 aliphatic carbocycles. The van der Waals surface area contributed by atoms with E-state index in [0.717, 1.165) is 32.0 Å². The predicted octanol–water partition coefficient (Wildman–Crippen LogP) is 3.37. The van der Waals surface area contributed by atoms with Gasteiger partial charge in [0, 0.05) is 31.7 Å². The quantitative estimate of drug-likeness (QED) is 0.798. The minimum absolute atomic E-state index is 0.240. The van der Waals surface area contributed by atoms with Gasteiger partial charge in [-0.25, -0.2) is 0 Å². The summed E-state index contributed by atoms with van der Waals surface area (Å²) in [6, 6.07) is 3.70. The molecule has 1 saturated heterocycles. The first-order chi connectivity index (χ1) is 9.89. The Hall–Kier alpha value is -0.590. The number of rotatable bonds is 3. The first-order valence-corrected chi connectivity index (χ1v) is 8.73. The highest BCUT2D eigenvalue weighted by Gasteiger charge is 2.40. The van der Waals surface area contributed by atoms with Gasteiger partial charge in [0.2, 0.25) is 0 Å². The number of hydrogen-bond donors (Lipinski definition) is 0. The highest BCUT2D eigenvalue weighted by atomic mass is 15.3. The van der Waals surface area contributed by atoms with Crippen LogP contribution >= 0.6 is 0 Å². The largest absolute Gasteiger partial charge is 0.301 e. The van der Waals surface area contributed by atoms with Gasteiger partial charge in [-0.3, -0.25) is 4.90 Å². The Bertz CT molecular complexity index is 384. The van der Waals surface area contributed by atoms with Crippen LogP contribution in [-0.4, -0.2) is 48.6 Å². The molecule has 3 nitrogen and oxygen atoms in total. The van der Waals surface area contributed by atoms with Gasteiger partial charge >= 0.3 is 0 Å². The molecule has 0 aromatic heterocycles. The summed E-state index contributed by atoms with van der Waals surface area (Å²) in [5, 5.41) is 9.57. The van der Waals surface area contributed by atoms with E-state index < -0.39 is 0 Å². The SMILES string of the molecule is CCC(C)(C)C1CCC(C#N)C(N2CCN(C)C(C)C2)C1. The molecule has 4 atom stereocenters. The van der Waals surface area contributed by atoms with Crippen LogP contribution in [0.3, 0.4) is 0 Å². The summed E-state index contributed by atoms with van der Waals surface area (Å²) >= 11 is 0. The Morgan fingerprint density at radius 3 is 2.52 bits per heavy atom. The zero-order valence-electron chi connectivity index (χ0n) is 14.6. The first kappa shape index (κ1) is 16.8. The number of piperazine rings is 1. The smallest absolute Gasteiger partial charge is 0.0672 e. The predicted molar refractivity (Wildman–Crippen MR) is 88.0 cm³/mol. The van der Waals surface area contributed by atoms with E-state index in [9.17, 15) is 5.26 Å². The lowest BCUT2D eigenvalue weighted by atomic mass is 9.66. The maximum atomic E-state index is 9.57. The van der Waals surface area contributed by atoms with E-state index in [1.54, 1.807) is 0 Å². The van der Waals surface area contributed by atoms with Crippen molar-refractivity contribution in [2.24, 2.45) is 17.3 Å². The lowest BCUT2D eigenvalue weighted by Gasteiger charge is -2.48. The fourth-order valence-corrected chi connectivity index (χ4v) is 4.08. The van der Waals surface area contributed by atoms with Gasteiger partial charge in [-0.15, -0.1) is 0 Å². The Labute approximate surface area is 131 Å². The molecule has 0 spiro atoms. The van der Waals surface area contributed by atoms with Crippen LogP contribution in [0.5, 0.6) is 0 Å². The Morgan fingerprint density at radius 1 is 1.24 bits per heavy atom. The van der Waals surface area contributed by atoms with Crippen LogP contribution < -0.4 is 0 Å². The molecule has 0 aromatic carbocycles. The molecule has 0 N–H and O–H groups in total. The van der Waals surface area contributed by atoms with Crippen LogP contribution in [0.4, 0.5) is 0 Å². The lowest BCUT2D eigenvalue weighted by molar-refractivity contribution is 0.0107. The van der Waals surface area contributed by atoms with Gasteiger partial charge in [0.15, 0.2) is 0 Å². The van der Waals surface area contributed by atoms with E-state index in [0.29, 0.717) is 17.5 Å². The molecule has 0 amide bonds. The van der Waals surface area contributed by atoms with Crippen LogP contribution in [0.1, 0.15) is 53.4 Å². The van der Waals surface area contributed by atoms with Crippen LogP contribution in [0, 0.1) is 28.6 Å². The average molecular weight is 291 g/mol. The van der Waals surface area contributed by atoms with Crippen LogP contribution in [0.2, 0.25) is 0 Å². The second-order valence-corrected chi connectivity index (χ2v) is 7.98. The zero-order chi connectivity index (χ0) is 15.6. The van der Waals surface area contributed by atoms with Gasteiger partial charge in [0.25, 0.3) is 0 Å². The molecule has 2 aliphatic rings. The topological polar surface area (TPSA) is 30.3 Å². The summed E-state index contributed by atoms with van der Waals surface area (Å²) in [4.78, 5) is 5.06. The van der Waals surface area contributed by atoms with Crippen molar-refractivity contribution in [1.82, 2.24) is 9.80 Å². The average Bonchev–Trinajstić information content (AvgIpc) is 2.49. The van der Waals surface area contributed by atoms with Crippen LogP contribution in [0.25, 0.3) is 0 Å². The molecule has 120 valence electrons. The molecule has 1 aliphatic heterocycles. The van der Waals surface area contributed by atoms with Gasteiger partial charge < -0.3 is 4.90 Å². The van der Waals surface area contributed by atoms with Crippen molar-refractivity contribution in [2.45, 2.75) is 65.5 Å². The highest BCUT2D eigenvalue weighted by Crippen LogP contribution is 2.43. The summed E-state index contributed by atoms with van der Waals surface area (Å²) in [7, 11) is 2.22. The minimum Gasteiger partial charge on any atom is -0.301 e. The number of hydrogen-bond acceptors (Lipinski definition) is 3. The second kappa shape index (κ2) is 6.67. The van der Waals surface area contributed by atoms with E-state index in [-0.39, 0.29) is 5.92 Å². The van der Waals surface area contributed by atoms with Crippen molar-refractivity contribution in [3.8, 4) is 6.07 Å². The van der Waals surface area contributed by atoms with Crippen LogP contribution in [-0.2, 0) is 0 Å². The fraction of sp³-hybridized carbons (Fsp3) is 0.944. The third-order valence-electron chi connectivity index (χ3n) is 6.46. The Morgan fingerprint density at radius 2 is 1.95 bits per heavy atom. The first-order valence-electron chi connectivity index (χ1n) is 8.73. The van der Waals surface area contributed by atoms with Crippen molar-refractivity contribution in [1.29, 1.82) is 5.26 Å². The summed E-state index contributed by atoms with van der Waals surface area (Å²) < 4.78 is 0. The standard InChI is InChI=1S/C18H33N3/c1-6-18(3,4)16-8-7-15(12-19)17(11-16)21-10-9-20(5)14(2)13-21/h14-17H,6-11,13H2,1-5H3. The third-order valence-corrected chi connectivity index (χ3v) is 6.46. The molecule has 0 aromatic rings. The molecule has 2 rings (SSSR count). The molecule has 1 heterocycles. The summed E-state index contributed by atoms with van der Waals surface area (Å²) in [5.41, 5.74) is 0.414. The van der Waals surface area contributed by atoms with Crippen molar-refractivity contribution in [3.63, 3.8) is 0 Å². The molecule has 0 bridgehead atoms. The molecule has 21 heavy (non-hydrogen) atoms. The summed E-state index contributed by atoms with van der Waals surface area (Å²) in [6.45, 7) is 12.8. The third kappa shape index (κ3) is 3.60. The molecular weight excluding hydrogens is 258 g/mol. The number of nitrogens with zero attached hydrogens (tertiary/aromatic N) is 3. The molecule has 2 fully saturated rings. The van der Waals surface area contributed by atoms with E-state index in [1.165, 1.54) is 19.3 Å². The van der Waals surface area contributed by atoms with Crippen LogP contribution in [0.15, 0.2) is 0 Å². The second-order valence-electron chi connectivity index (χ2n) is 7.98. The monoisotopic (exact) mass is 291 g/mol. The van der Waals surface area contributed by atoms with Crippen molar-refractivity contribution in [2.75, 3.05) is 26.7 Å². The molecule has 4 unspecified atom stereocenters. The lowest BCUT2D eigenvalue weighted by Crippen LogP contribution is -2.56. The van der Waals surface area contributed by atoms with E-state index >= 15 is 0 Å². The molecule has 0 radical (unpaired) electrons. The molecule has 1 saturated carbocycles. The van der Waals surface area contributed by atoms with E-state index in [2.05, 4.69) is 50.6 Å². The fourth-order valence-electron chi connectivity index (χ4n) is 4.08. The van der Waals surface area contributed by atoms with Gasteiger partial charge in [0.1, 0.15) is 0 Å². The van der Waals surface area contributed by atoms with Gasteiger partial charge in [-0.1, -0.05) is 27.2 Å².